The van der Waals surface area contributed by atoms with Crippen molar-refractivity contribution < 1.29 is 14.1 Å². The van der Waals surface area contributed by atoms with Crippen molar-refractivity contribution in [1.82, 2.24) is 10.6 Å². The maximum atomic E-state index is 13.3. The van der Waals surface area contributed by atoms with Gasteiger partial charge in [-0.2, -0.15) is 0 Å². The highest BCUT2D eigenvalue weighted by Crippen LogP contribution is 2.24. The van der Waals surface area contributed by atoms with Crippen molar-refractivity contribution >= 4 is 24.0 Å². The fourth-order valence-corrected chi connectivity index (χ4v) is 1.91. The Morgan fingerprint density at radius 1 is 1.48 bits per heavy atom. The number of nitro groups is 1. The van der Waals surface area contributed by atoms with Crippen molar-refractivity contribution in [3.63, 3.8) is 0 Å². The van der Waals surface area contributed by atoms with E-state index < -0.39 is 16.6 Å². The van der Waals surface area contributed by atoms with Gasteiger partial charge in [0.05, 0.1) is 4.92 Å². The number of carbonyl (C=O) groups is 1. The summed E-state index contributed by atoms with van der Waals surface area (Å²) in [4.78, 5) is 22.3. The van der Waals surface area contributed by atoms with Crippen LogP contribution in [0.5, 0.6) is 0 Å². The molecule has 8 heteroatoms. The zero-order valence-corrected chi connectivity index (χ0v) is 12.9. The Kier molecular flexibility index (Phi) is 7.83. The van der Waals surface area contributed by atoms with Crippen LogP contribution < -0.4 is 10.6 Å². The fourth-order valence-electron chi connectivity index (χ4n) is 1.91. The molecule has 0 bridgehead atoms. The quantitative estimate of drug-likeness (QED) is 0.622. The molecule has 118 valence electrons. The predicted molar refractivity (Wildman–Crippen MR) is 80.5 cm³/mol. The lowest BCUT2D eigenvalue weighted by molar-refractivity contribution is -0.385. The molecule has 21 heavy (non-hydrogen) atoms. The minimum absolute atomic E-state index is 0. The minimum atomic E-state index is -0.669. The van der Waals surface area contributed by atoms with Gasteiger partial charge >= 0.3 is 0 Å². The van der Waals surface area contributed by atoms with Gasteiger partial charge in [-0.25, -0.2) is 4.39 Å². The number of nitrogens with one attached hydrogen (secondary N) is 2. The number of aryl methyl sites for hydroxylation is 1. The molecular formula is C13H19ClFN3O3. The number of hydrogen-bond acceptors (Lipinski definition) is 4. The van der Waals surface area contributed by atoms with Crippen molar-refractivity contribution in [2.24, 2.45) is 0 Å². The van der Waals surface area contributed by atoms with Gasteiger partial charge in [-0.1, -0.05) is 6.92 Å². The highest BCUT2D eigenvalue weighted by molar-refractivity contribution is 5.98. The average molecular weight is 320 g/mol. The van der Waals surface area contributed by atoms with Gasteiger partial charge in [0.1, 0.15) is 11.4 Å². The Balaban J connectivity index is 0.00000400. The summed E-state index contributed by atoms with van der Waals surface area (Å²) < 4.78 is 13.3. The Labute approximate surface area is 128 Å². The highest BCUT2D eigenvalue weighted by atomic mass is 35.5. The van der Waals surface area contributed by atoms with E-state index >= 15 is 0 Å². The van der Waals surface area contributed by atoms with Crippen molar-refractivity contribution in [2.45, 2.75) is 26.8 Å². The van der Waals surface area contributed by atoms with E-state index in [0.29, 0.717) is 6.54 Å². The van der Waals surface area contributed by atoms with Crippen LogP contribution in [-0.2, 0) is 0 Å². The second-order valence-corrected chi connectivity index (χ2v) is 4.54. The molecule has 1 rings (SSSR count). The van der Waals surface area contributed by atoms with Crippen LogP contribution in [0.4, 0.5) is 10.1 Å². The number of benzene rings is 1. The third kappa shape index (κ3) is 5.28. The van der Waals surface area contributed by atoms with Crippen LogP contribution in [0.1, 0.15) is 29.8 Å². The molecule has 0 aliphatic heterocycles. The van der Waals surface area contributed by atoms with Crippen molar-refractivity contribution in [1.29, 1.82) is 0 Å². The zero-order chi connectivity index (χ0) is 15.3. The monoisotopic (exact) mass is 319 g/mol. The first-order chi connectivity index (χ1) is 9.36. The van der Waals surface area contributed by atoms with E-state index in [1.54, 1.807) is 0 Å². The van der Waals surface area contributed by atoms with Gasteiger partial charge in [0.15, 0.2) is 0 Å². The molecule has 0 unspecified atom stereocenters. The van der Waals surface area contributed by atoms with E-state index in [4.69, 9.17) is 0 Å². The Morgan fingerprint density at radius 2 is 2.10 bits per heavy atom. The summed E-state index contributed by atoms with van der Waals surface area (Å²) in [5.41, 5.74) is -0.490. The Morgan fingerprint density at radius 3 is 2.62 bits per heavy atom. The molecule has 1 aromatic carbocycles. The molecule has 0 spiro atoms. The largest absolute Gasteiger partial charge is 0.350 e. The van der Waals surface area contributed by atoms with Gasteiger partial charge < -0.3 is 10.6 Å². The first-order valence-corrected chi connectivity index (χ1v) is 6.33. The summed E-state index contributed by atoms with van der Waals surface area (Å²) in [5, 5.41) is 16.6. The molecule has 0 fully saturated rings. The molecule has 0 heterocycles. The number of nitro benzene ring substituents is 1. The third-order valence-corrected chi connectivity index (χ3v) is 2.81. The first kappa shape index (κ1) is 19.3. The summed E-state index contributed by atoms with van der Waals surface area (Å²) in [6.45, 7) is 6.25. The number of carbonyl (C=O) groups excluding carboxylic acids is 1. The maximum absolute atomic E-state index is 13.3. The number of halogens is 2. The predicted octanol–water partition coefficient (Wildman–Crippen LogP) is 2.19. The molecule has 0 radical (unpaired) electrons. The van der Waals surface area contributed by atoms with E-state index in [1.807, 2.05) is 13.8 Å². The molecule has 1 aromatic rings. The molecule has 0 saturated heterocycles. The lowest BCUT2D eigenvalue weighted by atomic mass is 10.1. The van der Waals surface area contributed by atoms with E-state index in [9.17, 15) is 19.3 Å². The number of hydrogen-bond donors (Lipinski definition) is 2. The van der Waals surface area contributed by atoms with Crippen LogP contribution in [0.25, 0.3) is 0 Å². The maximum Gasteiger partial charge on any atom is 0.285 e. The molecule has 1 atom stereocenters. The molecular weight excluding hydrogens is 301 g/mol. The number of amides is 1. The summed E-state index contributed by atoms with van der Waals surface area (Å²) in [6.07, 6.45) is 0. The van der Waals surface area contributed by atoms with Crippen molar-refractivity contribution in [2.75, 3.05) is 13.1 Å². The van der Waals surface area contributed by atoms with Gasteiger partial charge in [0.2, 0.25) is 0 Å². The van der Waals surface area contributed by atoms with Gasteiger partial charge in [-0.15, -0.1) is 12.4 Å². The van der Waals surface area contributed by atoms with Gasteiger partial charge in [-0.3, -0.25) is 14.9 Å². The van der Waals surface area contributed by atoms with E-state index in [0.717, 1.165) is 18.7 Å². The van der Waals surface area contributed by atoms with Crippen LogP contribution in [-0.4, -0.2) is 30.0 Å². The van der Waals surface area contributed by atoms with E-state index in [1.165, 1.54) is 6.92 Å². The summed E-state index contributed by atoms with van der Waals surface area (Å²) in [5.74, 6) is -1.32. The second-order valence-electron chi connectivity index (χ2n) is 4.54. The van der Waals surface area contributed by atoms with E-state index in [-0.39, 0.29) is 35.3 Å². The SMILES string of the molecule is CCN[C@H](C)CNC(=O)c1cc(F)cc(C)c1[N+](=O)[O-].Cl. The number of rotatable bonds is 6. The average Bonchev–Trinajstić information content (AvgIpc) is 2.34. The van der Waals surface area contributed by atoms with Crippen LogP contribution in [0, 0.1) is 22.9 Å². The topological polar surface area (TPSA) is 84.3 Å². The van der Waals surface area contributed by atoms with Crippen LogP contribution >= 0.6 is 12.4 Å². The molecule has 1 amide bonds. The van der Waals surface area contributed by atoms with Gasteiger partial charge in [0.25, 0.3) is 11.6 Å². The lowest BCUT2D eigenvalue weighted by Gasteiger charge is -2.13. The van der Waals surface area contributed by atoms with Crippen molar-refractivity contribution in [3.8, 4) is 0 Å². The third-order valence-electron chi connectivity index (χ3n) is 2.81. The standard InChI is InChI=1S/C13H18FN3O3.ClH/c1-4-15-9(3)7-16-13(18)11-6-10(14)5-8(2)12(11)17(19)20;/h5-6,9,15H,4,7H2,1-3H3,(H,16,18);1H/t9-;/m1./s1. The van der Waals surface area contributed by atoms with Gasteiger partial charge in [-0.05, 0) is 32.5 Å². The second kappa shape index (κ2) is 8.53. The lowest BCUT2D eigenvalue weighted by Crippen LogP contribution is -2.39. The molecule has 2 N–H and O–H groups in total. The van der Waals surface area contributed by atoms with Crippen molar-refractivity contribution in [3.05, 3.63) is 39.2 Å². The normalized spacial score (nSPS) is 11.4. The molecule has 0 aromatic heterocycles. The van der Waals surface area contributed by atoms with E-state index in [2.05, 4.69) is 10.6 Å². The fraction of sp³-hybridized carbons (Fsp3) is 0.462. The Hall–Kier alpha value is -1.73. The minimum Gasteiger partial charge on any atom is -0.350 e. The molecule has 0 saturated carbocycles. The Bertz CT molecular complexity index is 526. The summed E-state index contributed by atoms with van der Waals surface area (Å²) in [6, 6.07) is 1.95. The van der Waals surface area contributed by atoms with Crippen LogP contribution in [0.15, 0.2) is 12.1 Å². The molecule has 0 aliphatic rings. The van der Waals surface area contributed by atoms with Crippen LogP contribution in [0.2, 0.25) is 0 Å². The first-order valence-electron chi connectivity index (χ1n) is 6.33. The summed E-state index contributed by atoms with van der Waals surface area (Å²) >= 11 is 0. The molecule has 6 nitrogen and oxygen atoms in total. The summed E-state index contributed by atoms with van der Waals surface area (Å²) in [7, 11) is 0. The highest BCUT2D eigenvalue weighted by Gasteiger charge is 2.24. The smallest absolute Gasteiger partial charge is 0.285 e. The zero-order valence-electron chi connectivity index (χ0n) is 12.1. The molecule has 0 aliphatic carbocycles. The van der Waals surface area contributed by atoms with Gasteiger partial charge in [0, 0.05) is 18.2 Å². The van der Waals surface area contributed by atoms with Crippen LogP contribution in [0.3, 0.4) is 0 Å². The number of likely N-dealkylation sites (N-methyl/N-ethyl adjacent to an activating group) is 1. The number of nitrogens with zero attached hydrogens (tertiary/aromatic N) is 1.